The Hall–Kier alpha value is -3.25. The highest BCUT2D eigenvalue weighted by molar-refractivity contribution is 6.05. The zero-order valence-electron chi connectivity index (χ0n) is 20.8. The minimum Gasteiger partial charge on any atom is -0.0956 e. The van der Waals surface area contributed by atoms with E-state index in [9.17, 15) is 0 Å². The maximum absolute atomic E-state index is 4.54. The van der Waals surface area contributed by atoms with Crippen LogP contribution in [0.1, 0.15) is 63.9 Å². The van der Waals surface area contributed by atoms with E-state index in [1.165, 1.54) is 87.8 Å². The van der Waals surface area contributed by atoms with Crippen LogP contribution in [0.5, 0.6) is 0 Å². The van der Waals surface area contributed by atoms with E-state index < -0.39 is 0 Å². The molecular weight excluding hydrogens is 420 g/mol. The predicted molar refractivity (Wildman–Crippen MR) is 149 cm³/mol. The number of unbranched alkanes of at least 4 members (excludes halogenated alkanes) is 2. The van der Waals surface area contributed by atoms with Crippen molar-refractivity contribution >= 4 is 17.7 Å². The molecule has 1 unspecified atom stereocenters. The highest BCUT2D eigenvalue weighted by Gasteiger charge is 2.52. The molecular formula is C35H33+. The second kappa shape index (κ2) is 7.89. The molecule has 0 saturated heterocycles. The number of benzene rings is 1. The minimum absolute atomic E-state index is 0.467. The van der Waals surface area contributed by atoms with Crippen LogP contribution in [0.3, 0.4) is 0 Å². The van der Waals surface area contributed by atoms with Crippen molar-refractivity contribution in [2.75, 3.05) is 0 Å². The zero-order valence-corrected chi connectivity index (χ0v) is 20.8. The molecule has 6 aliphatic carbocycles. The van der Waals surface area contributed by atoms with Crippen LogP contribution in [0.15, 0.2) is 106 Å². The first kappa shape index (κ1) is 21.1. The van der Waals surface area contributed by atoms with Gasteiger partial charge in [-0.05, 0) is 85.2 Å². The fraction of sp³-hybridized carbons (Fsp3) is 0.286. The minimum atomic E-state index is 0.467. The summed E-state index contributed by atoms with van der Waals surface area (Å²) >= 11 is 0. The molecule has 0 aliphatic heterocycles. The standard InChI is InChI=1S/C35H33/c1-4-5-6-10-22(3)23-11-7-12-25-31(20-23)26-14-9-16-29-34(26)33(25)28-15-8-13-24-30-19-21(2)17-18-27(30)35(29)32(24)28/h8-9,13-14,16-20,28H,2-7,10-12,15H2,1H3/q+1. The molecule has 0 spiro atoms. The Morgan fingerprint density at radius 1 is 1.09 bits per heavy atom. The van der Waals surface area contributed by atoms with Crippen molar-refractivity contribution < 1.29 is 0 Å². The molecule has 1 atom stereocenters. The van der Waals surface area contributed by atoms with E-state index in [1.54, 1.807) is 16.7 Å². The van der Waals surface area contributed by atoms with Crippen molar-refractivity contribution in [2.24, 2.45) is 5.92 Å². The van der Waals surface area contributed by atoms with Gasteiger partial charge in [0.2, 0.25) is 0 Å². The van der Waals surface area contributed by atoms with Gasteiger partial charge in [0, 0.05) is 50.8 Å². The molecule has 35 heavy (non-hydrogen) atoms. The van der Waals surface area contributed by atoms with E-state index in [0.717, 1.165) is 24.5 Å². The number of rotatable bonds is 5. The number of allylic oxidation sites excluding steroid dienone is 15. The van der Waals surface area contributed by atoms with Gasteiger partial charge in [0.1, 0.15) is 0 Å². The van der Waals surface area contributed by atoms with Crippen molar-refractivity contribution in [2.45, 2.75) is 58.3 Å². The third-order valence-electron chi connectivity index (χ3n) is 8.83. The lowest BCUT2D eigenvalue weighted by molar-refractivity contribution is 0.701. The molecule has 0 aromatic heterocycles. The fourth-order valence-electron chi connectivity index (χ4n) is 7.27. The van der Waals surface area contributed by atoms with Crippen LogP contribution in [-0.4, -0.2) is 0 Å². The summed E-state index contributed by atoms with van der Waals surface area (Å²) in [6.45, 7) is 11.0. The quantitative estimate of drug-likeness (QED) is 0.319. The molecule has 0 nitrogen and oxygen atoms in total. The molecule has 0 heteroatoms. The summed E-state index contributed by atoms with van der Waals surface area (Å²) in [7, 11) is 0. The van der Waals surface area contributed by atoms with Gasteiger partial charge in [0.15, 0.2) is 0 Å². The fourth-order valence-corrected chi connectivity index (χ4v) is 7.27. The Morgan fingerprint density at radius 3 is 2.89 bits per heavy atom. The molecule has 0 radical (unpaired) electrons. The van der Waals surface area contributed by atoms with Crippen LogP contribution in [0, 0.1) is 11.8 Å². The van der Waals surface area contributed by atoms with Crippen LogP contribution in [0.25, 0.3) is 17.7 Å². The van der Waals surface area contributed by atoms with Crippen LogP contribution in [0.2, 0.25) is 0 Å². The molecule has 0 fully saturated rings. The third kappa shape index (κ3) is 2.95. The van der Waals surface area contributed by atoms with Crippen molar-refractivity contribution in [1.82, 2.24) is 0 Å². The Morgan fingerprint density at radius 2 is 2.00 bits per heavy atom. The van der Waals surface area contributed by atoms with Gasteiger partial charge in [0.25, 0.3) is 0 Å². The largest absolute Gasteiger partial charge is 0.0956 e. The van der Waals surface area contributed by atoms with E-state index in [1.807, 2.05) is 0 Å². The van der Waals surface area contributed by atoms with Crippen molar-refractivity contribution in [3.05, 3.63) is 128 Å². The van der Waals surface area contributed by atoms with Gasteiger partial charge in [-0.25, -0.2) is 0 Å². The summed E-state index contributed by atoms with van der Waals surface area (Å²) in [5.41, 5.74) is 16.4. The average Bonchev–Trinajstić information content (AvgIpc) is 3.25. The molecule has 0 bridgehead atoms. The highest BCUT2D eigenvalue weighted by Crippen LogP contribution is 2.61. The molecule has 1 aromatic carbocycles. The Bertz CT molecular complexity index is 1520. The lowest BCUT2D eigenvalue weighted by Gasteiger charge is -2.32. The van der Waals surface area contributed by atoms with Crippen molar-refractivity contribution in [3.63, 3.8) is 0 Å². The van der Waals surface area contributed by atoms with E-state index >= 15 is 0 Å². The first-order valence-corrected chi connectivity index (χ1v) is 13.6. The molecule has 0 saturated carbocycles. The van der Waals surface area contributed by atoms with Crippen molar-refractivity contribution in [3.8, 4) is 0 Å². The Labute approximate surface area is 209 Å². The SMILES string of the molecule is C=C(CCCCC)C1=CC2=C(CCC1)C1=C3C2=CC=C[C+]3C2=c3ccc(=C)cc3C3=C2C1CC=C3. The highest BCUT2D eigenvalue weighted by atomic mass is 14.5. The lowest BCUT2D eigenvalue weighted by atomic mass is 9.66. The molecule has 0 N–H and O–H groups in total. The normalized spacial score (nSPS) is 23.2. The summed E-state index contributed by atoms with van der Waals surface area (Å²) in [5, 5.41) is 2.50. The van der Waals surface area contributed by atoms with Gasteiger partial charge >= 0.3 is 0 Å². The first-order valence-electron chi connectivity index (χ1n) is 13.6. The maximum Gasteiger partial charge on any atom is 0.0776 e. The summed E-state index contributed by atoms with van der Waals surface area (Å²) in [6, 6.07) is 6.78. The monoisotopic (exact) mass is 453 g/mol. The number of fused-ring (bicyclic) bond motifs is 6. The lowest BCUT2D eigenvalue weighted by Crippen LogP contribution is -2.25. The molecule has 6 aliphatic rings. The summed E-state index contributed by atoms with van der Waals surface area (Å²) in [4.78, 5) is 0. The van der Waals surface area contributed by atoms with Gasteiger partial charge in [-0.3, -0.25) is 0 Å². The van der Waals surface area contributed by atoms with Crippen LogP contribution >= 0.6 is 0 Å². The van der Waals surface area contributed by atoms with Gasteiger partial charge in [0.05, 0.1) is 23.0 Å². The van der Waals surface area contributed by atoms with Gasteiger partial charge < -0.3 is 0 Å². The zero-order chi connectivity index (χ0) is 23.7. The van der Waals surface area contributed by atoms with Crippen LogP contribution in [-0.2, 0) is 0 Å². The molecule has 0 heterocycles. The van der Waals surface area contributed by atoms with Gasteiger partial charge in [-0.15, -0.1) is 0 Å². The molecule has 0 amide bonds. The van der Waals surface area contributed by atoms with Crippen LogP contribution in [0.4, 0.5) is 0 Å². The third-order valence-corrected chi connectivity index (χ3v) is 8.83. The van der Waals surface area contributed by atoms with E-state index in [4.69, 9.17) is 0 Å². The average molecular weight is 454 g/mol. The maximum atomic E-state index is 4.54. The topological polar surface area (TPSA) is 0 Å². The van der Waals surface area contributed by atoms with Gasteiger partial charge in [-0.2, -0.15) is 0 Å². The summed E-state index contributed by atoms with van der Waals surface area (Å²) in [6.07, 6.45) is 24.0. The van der Waals surface area contributed by atoms with E-state index in [2.05, 4.69) is 74.7 Å². The Balaban J connectivity index is 1.39. The van der Waals surface area contributed by atoms with Crippen LogP contribution < -0.4 is 10.4 Å². The Kier molecular flexibility index (Phi) is 4.75. The number of hydrogen-bond donors (Lipinski definition) is 0. The predicted octanol–water partition coefficient (Wildman–Crippen LogP) is 7.53. The molecule has 172 valence electrons. The van der Waals surface area contributed by atoms with E-state index in [0.29, 0.717) is 5.92 Å². The summed E-state index contributed by atoms with van der Waals surface area (Å²) in [5.74, 6) is 1.91. The molecule has 1 aromatic rings. The number of hydrogen-bond acceptors (Lipinski definition) is 0. The second-order valence-electron chi connectivity index (χ2n) is 10.9. The molecule has 7 rings (SSSR count). The van der Waals surface area contributed by atoms with Gasteiger partial charge in [-0.1, -0.05) is 50.6 Å². The summed E-state index contributed by atoms with van der Waals surface area (Å²) < 4.78 is 0. The smallest absolute Gasteiger partial charge is 0.0776 e. The second-order valence-corrected chi connectivity index (χ2v) is 10.9. The first-order chi connectivity index (χ1) is 17.2. The van der Waals surface area contributed by atoms with E-state index in [-0.39, 0.29) is 0 Å². The van der Waals surface area contributed by atoms with Crippen molar-refractivity contribution in [1.29, 1.82) is 0 Å².